The summed E-state index contributed by atoms with van der Waals surface area (Å²) in [6.07, 6.45) is 3.99. The number of phenolic OH excluding ortho intramolecular Hbond substituents is 1. The molecule has 1 atom stereocenters. The van der Waals surface area contributed by atoms with E-state index in [1.807, 2.05) is 18.0 Å². The van der Waals surface area contributed by atoms with E-state index in [1.54, 1.807) is 6.07 Å². The summed E-state index contributed by atoms with van der Waals surface area (Å²) in [6.45, 7) is 0.781. The predicted molar refractivity (Wildman–Crippen MR) is 87.0 cm³/mol. The number of aryl methyl sites for hydroxylation is 1. The van der Waals surface area contributed by atoms with Crippen LogP contribution in [0.5, 0.6) is 5.75 Å². The second kappa shape index (κ2) is 5.01. The molecule has 3 nitrogen and oxygen atoms in total. The molecule has 0 bridgehead atoms. The van der Waals surface area contributed by atoms with Gasteiger partial charge in [0.1, 0.15) is 5.75 Å². The molecule has 0 spiro atoms. The number of hydrogen-bond donors (Lipinski definition) is 1. The number of carbonyl (C=O) groups is 1. The Labute approximate surface area is 130 Å². The Morgan fingerprint density at radius 3 is 2.82 bits per heavy atom. The Morgan fingerprint density at radius 2 is 2.05 bits per heavy atom. The summed E-state index contributed by atoms with van der Waals surface area (Å²) in [6, 6.07) is 10.1. The van der Waals surface area contributed by atoms with Gasteiger partial charge < -0.3 is 10.0 Å². The zero-order chi connectivity index (χ0) is 15.3. The molecule has 2 aromatic rings. The molecule has 0 saturated heterocycles. The van der Waals surface area contributed by atoms with E-state index >= 15 is 0 Å². The van der Waals surface area contributed by atoms with Crippen molar-refractivity contribution in [3.63, 3.8) is 0 Å². The first-order valence-electron chi connectivity index (χ1n) is 8.13. The fourth-order valence-corrected chi connectivity index (χ4v) is 3.79. The summed E-state index contributed by atoms with van der Waals surface area (Å²) in [5.41, 5.74) is 2.35. The highest BCUT2D eigenvalue weighted by atomic mass is 16.3. The molecule has 22 heavy (non-hydrogen) atoms. The topological polar surface area (TPSA) is 40.5 Å². The number of likely N-dealkylation sites (N-methyl/N-ethyl adjacent to an activating group) is 1. The van der Waals surface area contributed by atoms with Crippen molar-refractivity contribution in [2.75, 3.05) is 13.6 Å². The van der Waals surface area contributed by atoms with Crippen molar-refractivity contribution >= 4 is 16.7 Å². The zero-order valence-electron chi connectivity index (χ0n) is 12.9. The van der Waals surface area contributed by atoms with E-state index in [4.69, 9.17) is 0 Å². The van der Waals surface area contributed by atoms with Crippen molar-refractivity contribution < 1.29 is 9.90 Å². The smallest absolute Gasteiger partial charge is 0.225 e. The Bertz CT molecular complexity index is 748. The average Bonchev–Trinajstić information content (AvgIpc) is 3.36. The van der Waals surface area contributed by atoms with Crippen LogP contribution in [0.3, 0.4) is 0 Å². The molecule has 1 amide bonds. The second-order valence-electron chi connectivity index (χ2n) is 6.74. The van der Waals surface area contributed by atoms with E-state index < -0.39 is 0 Å². The Balaban J connectivity index is 1.69. The van der Waals surface area contributed by atoms with Crippen molar-refractivity contribution in [3.05, 3.63) is 41.5 Å². The molecule has 2 aliphatic carbocycles. The first-order valence-corrected chi connectivity index (χ1v) is 8.13. The molecule has 3 heteroatoms. The average molecular weight is 295 g/mol. The van der Waals surface area contributed by atoms with Crippen molar-refractivity contribution in [2.24, 2.45) is 5.92 Å². The number of rotatable bonds is 3. The highest BCUT2D eigenvalue weighted by molar-refractivity contribution is 5.92. The van der Waals surface area contributed by atoms with Gasteiger partial charge in [-0.25, -0.2) is 0 Å². The van der Waals surface area contributed by atoms with E-state index in [1.165, 1.54) is 16.3 Å². The Kier molecular flexibility index (Phi) is 3.10. The Morgan fingerprint density at radius 1 is 1.23 bits per heavy atom. The molecule has 2 aromatic carbocycles. The predicted octanol–water partition coefficient (Wildman–Crippen LogP) is 3.44. The van der Waals surface area contributed by atoms with Gasteiger partial charge in [0.25, 0.3) is 0 Å². The van der Waals surface area contributed by atoms with Crippen LogP contribution < -0.4 is 0 Å². The first-order chi connectivity index (χ1) is 10.6. The van der Waals surface area contributed by atoms with Crippen LogP contribution in [0, 0.1) is 5.92 Å². The summed E-state index contributed by atoms with van der Waals surface area (Å²) in [5.74, 6) is 1.35. The maximum Gasteiger partial charge on any atom is 0.225 e. The van der Waals surface area contributed by atoms with Gasteiger partial charge in [-0.15, -0.1) is 0 Å². The third-order valence-electron chi connectivity index (χ3n) is 5.14. The van der Waals surface area contributed by atoms with Gasteiger partial charge >= 0.3 is 0 Å². The molecule has 0 aromatic heterocycles. The second-order valence-corrected chi connectivity index (χ2v) is 6.74. The van der Waals surface area contributed by atoms with Crippen LogP contribution in [-0.2, 0) is 11.2 Å². The lowest BCUT2D eigenvalue weighted by molar-refractivity contribution is -0.131. The quantitative estimate of drug-likeness (QED) is 0.942. The fraction of sp³-hybridized carbons (Fsp3) is 0.421. The number of phenols is 1. The maximum absolute atomic E-state index is 12.2. The first kappa shape index (κ1) is 13.6. The maximum atomic E-state index is 12.2. The summed E-state index contributed by atoms with van der Waals surface area (Å²) in [4.78, 5) is 14.1. The van der Waals surface area contributed by atoms with Gasteiger partial charge in [0.2, 0.25) is 5.91 Å². The van der Waals surface area contributed by atoms with Crippen LogP contribution >= 0.6 is 0 Å². The normalized spacial score (nSPS) is 20.1. The van der Waals surface area contributed by atoms with Crippen LogP contribution in [0.1, 0.15) is 36.3 Å². The fourth-order valence-electron chi connectivity index (χ4n) is 3.79. The van der Waals surface area contributed by atoms with Gasteiger partial charge in [0.15, 0.2) is 0 Å². The monoisotopic (exact) mass is 295 g/mol. The van der Waals surface area contributed by atoms with E-state index in [2.05, 4.69) is 18.2 Å². The van der Waals surface area contributed by atoms with Gasteiger partial charge in [-0.1, -0.05) is 24.3 Å². The van der Waals surface area contributed by atoms with Crippen molar-refractivity contribution in [2.45, 2.75) is 31.6 Å². The number of nitrogens with zero attached hydrogens (tertiary/aromatic N) is 1. The molecule has 2 aliphatic rings. The summed E-state index contributed by atoms with van der Waals surface area (Å²) >= 11 is 0. The van der Waals surface area contributed by atoms with Crippen LogP contribution in [0.15, 0.2) is 30.3 Å². The Hall–Kier alpha value is -2.03. The van der Waals surface area contributed by atoms with Gasteiger partial charge in [0.05, 0.1) is 0 Å². The summed E-state index contributed by atoms with van der Waals surface area (Å²) in [5, 5.41) is 12.5. The standard InChI is InChI=1S/C19H21NO2/c1-20(19(22)13-5-6-13)11-14-7-9-16-17(21)10-8-12-3-2-4-15(14)18(12)16/h2-4,8,10,13-14,21H,5-7,9,11H2,1H3. The van der Waals surface area contributed by atoms with E-state index in [-0.39, 0.29) is 5.92 Å². The molecular weight excluding hydrogens is 274 g/mol. The minimum absolute atomic E-state index is 0.278. The molecule has 0 aliphatic heterocycles. The molecule has 1 unspecified atom stereocenters. The van der Waals surface area contributed by atoms with Gasteiger partial charge in [-0.05, 0) is 48.1 Å². The zero-order valence-corrected chi connectivity index (χ0v) is 12.9. The number of hydrogen-bond acceptors (Lipinski definition) is 2. The van der Waals surface area contributed by atoms with E-state index in [0.717, 1.165) is 37.8 Å². The van der Waals surface area contributed by atoms with Crippen molar-refractivity contribution in [1.29, 1.82) is 0 Å². The third-order valence-corrected chi connectivity index (χ3v) is 5.14. The lowest BCUT2D eigenvalue weighted by atomic mass is 9.80. The number of benzene rings is 2. The number of carbonyl (C=O) groups excluding carboxylic acids is 1. The van der Waals surface area contributed by atoms with Gasteiger partial charge in [0, 0.05) is 31.0 Å². The molecule has 1 fully saturated rings. The van der Waals surface area contributed by atoms with E-state index in [9.17, 15) is 9.90 Å². The van der Waals surface area contributed by atoms with Gasteiger partial charge in [-0.2, -0.15) is 0 Å². The minimum Gasteiger partial charge on any atom is -0.508 e. The molecule has 1 N–H and O–H groups in total. The molecule has 0 radical (unpaired) electrons. The molecule has 4 rings (SSSR count). The largest absolute Gasteiger partial charge is 0.508 e. The summed E-state index contributed by atoms with van der Waals surface area (Å²) in [7, 11) is 1.93. The highest BCUT2D eigenvalue weighted by Crippen LogP contribution is 2.41. The van der Waals surface area contributed by atoms with Crippen LogP contribution in [0.4, 0.5) is 0 Å². The van der Waals surface area contributed by atoms with Crippen molar-refractivity contribution in [3.8, 4) is 5.75 Å². The lowest BCUT2D eigenvalue weighted by Gasteiger charge is -2.30. The molecule has 0 heterocycles. The summed E-state index contributed by atoms with van der Waals surface area (Å²) < 4.78 is 0. The van der Waals surface area contributed by atoms with Crippen LogP contribution in [-0.4, -0.2) is 29.5 Å². The van der Waals surface area contributed by atoms with Crippen molar-refractivity contribution in [1.82, 2.24) is 4.90 Å². The van der Waals surface area contributed by atoms with Gasteiger partial charge in [-0.3, -0.25) is 4.79 Å². The SMILES string of the molecule is CN(CC1CCc2c(O)ccc3cccc1c23)C(=O)C1CC1. The number of aromatic hydroxyl groups is 1. The molecule has 114 valence electrons. The van der Waals surface area contributed by atoms with Crippen LogP contribution in [0.25, 0.3) is 10.8 Å². The highest BCUT2D eigenvalue weighted by Gasteiger charge is 2.33. The molecular formula is C19H21NO2. The lowest BCUT2D eigenvalue weighted by Crippen LogP contribution is -2.33. The molecule has 1 saturated carbocycles. The number of amides is 1. The third kappa shape index (κ3) is 2.16. The minimum atomic E-state index is 0.278. The van der Waals surface area contributed by atoms with E-state index in [0.29, 0.717) is 17.6 Å². The van der Waals surface area contributed by atoms with Crippen LogP contribution in [0.2, 0.25) is 0 Å².